The molecule has 0 atom stereocenters. The van der Waals surface area contributed by atoms with Crippen LogP contribution >= 0.6 is 0 Å². The van der Waals surface area contributed by atoms with Crippen molar-refractivity contribution in [1.29, 1.82) is 0 Å². The summed E-state index contributed by atoms with van der Waals surface area (Å²) in [5.41, 5.74) is 0. The van der Waals surface area contributed by atoms with Crippen LogP contribution in [0.25, 0.3) is 0 Å². The van der Waals surface area contributed by atoms with Gasteiger partial charge in [0.25, 0.3) is 0 Å². The van der Waals surface area contributed by atoms with Gasteiger partial charge in [-0.05, 0) is 0 Å². The van der Waals surface area contributed by atoms with Crippen LogP contribution in [0.5, 0.6) is 0 Å². The molecule has 0 aromatic rings. The van der Waals surface area contributed by atoms with Gasteiger partial charge in [0.1, 0.15) is 0 Å². The summed E-state index contributed by atoms with van der Waals surface area (Å²) in [6.45, 7) is 0.877. The molecule has 3 heteroatoms. The van der Waals surface area contributed by atoms with Crippen molar-refractivity contribution >= 4 is 11.8 Å². The molecule has 0 unspecified atom stereocenters. The Labute approximate surface area is 34.0 Å². The monoisotopic (exact) mass is 90.0 g/mol. The first-order valence-electron chi connectivity index (χ1n) is 1.35. The van der Waals surface area contributed by atoms with Crippen LogP contribution in [0.15, 0.2) is 0 Å². The van der Waals surface area contributed by atoms with Crippen molar-refractivity contribution in [1.82, 2.24) is 0 Å². The van der Waals surface area contributed by atoms with Crippen molar-refractivity contribution in [2.75, 3.05) is 0 Å². The van der Waals surface area contributed by atoms with E-state index < -0.39 is 11.8 Å². The van der Waals surface area contributed by atoms with Gasteiger partial charge in [0.15, 0.2) is 0 Å². The molecule has 0 amide bonds. The van der Waals surface area contributed by atoms with Crippen LogP contribution < -0.4 is 0 Å². The van der Waals surface area contributed by atoms with Crippen LogP contribution in [0.4, 0.5) is 4.39 Å². The molecule has 0 saturated carbocycles. The Morgan fingerprint density at radius 2 is 1.67 bits per heavy atom. The number of ketones is 1. The molecule has 0 aromatic heterocycles. The zero-order valence-electron chi connectivity index (χ0n) is 3.19. The molecule has 0 aliphatic rings. The fourth-order valence-electron chi connectivity index (χ4n) is 0. The quantitative estimate of drug-likeness (QED) is 0.337. The van der Waals surface area contributed by atoms with Gasteiger partial charge >= 0.3 is 6.04 Å². The second kappa shape index (κ2) is 1.64. The zero-order valence-corrected chi connectivity index (χ0v) is 3.19. The molecule has 34 valence electrons. The van der Waals surface area contributed by atoms with E-state index in [1.807, 2.05) is 0 Å². The molecule has 0 heterocycles. The molecular weight excluding hydrogens is 87.0 g/mol. The Hall–Kier alpha value is -0.730. The van der Waals surface area contributed by atoms with Gasteiger partial charge in [-0.2, -0.15) is 4.39 Å². The molecule has 0 N–H and O–H groups in total. The summed E-state index contributed by atoms with van der Waals surface area (Å²) in [7, 11) is 0. The maximum Gasteiger partial charge on any atom is 0.367 e. The van der Waals surface area contributed by atoms with E-state index in [4.69, 9.17) is 4.79 Å². The van der Waals surface area contributed by atoms with E-state index >= 15 is 0 Å². The first-order chi connectivity index (χ1) is 2.64. The summed E-state index contributed by atoms with van der Waals surface area (Å²) in [5.74, 6) is -1.05. The minimum atomic E-state index is -1.88. The summed E-state index contributed by atoms with van der Waals surface area (Å²) in [6, 6.07) is -1.88. The topological polar surface area (TPSA) is 34.1 Å². The third-order valence-corrected chi connectivity index (χ3v) is 0.277. The zero-order chi connectivity index (χ0) is 5.15. The fourth-order valence-corrected chi connectivity index (χ4v) is 0. The highest BCUT2D eigenvalue weighted by Gasteiger charge is 2.00. The predicted octanol–water partition coefficient (Wildman–Crippen LogP) is 0.0715. The Balaban J connectivity index is 3.57. The molecule has 0 spiro atoms. The minimum absolute atomic E-state index is 0.877. The maximum absolute atomic E-state index is 10.8. The molecule has 6 heavy (non-hydrogen) atoms. The number of hydrogen-bond acceptors (Lipinski definition) is 2. The summed E-state index contributed by atoms with van der Waals surface area (Å²) in [6.07, 6.45) is 0. The largest absolute Gasteiger partial charge is 0.367 e. The molecule has 0 aliphatic carbocycles. The van der Waals surface area contributed by atoms with E-state index in [1.165, 1.54) is 0 Å². The van der Waals surface area contributed by atoms with Crippen molar-refractivity contribution < 1.29 is 14.0 Å². The number of Topliss-reactive ketones (excluding diaryl/α,β-unsaturated/α-hetero) is 1. The van der Waals surface area contributed by atoms with Gasteiger partial charge in [-0.3, -0.25) is 9.59 Å². The van der Waals surface area contributed by atoms with Gasteiger partial charge in [0, 0.05) is 6.92 Å². The Bertz CT molecular complexity index is 74.8. The van der Waals surface area contributed by atoms with Crippen LogP contribution in [0.1, 0.15) is 6.92 Å². The van der Waals surface area contributed by atoms with E-state index in [1.54, 1.807) is 0 Å². The van der Waals surface area contributed by atoms with E-state index in [9.17, 15) is 9.18 Å². The Morgan fingerprint density at radius 3 is 1.67 bits per heavy atom. The lowest BCUT2D eigenvalue weighted by molar-refractivity contribution is -0.142. The van der Waals surface area contributed by atoms with E-state index in [2.05, 4.69) is 0 Å². The first kappa shape index (κ1) is 5.27. The van der Waals surface area contributed by atoms with Crippen LogP contribution in [0, 0.1) is 0 Å². The lowest BCUT2D eigenvalue weighted by Gasteiger charge is -1.68. The third-order valence-electron chi connectivity index (χ3n) is 0.277. The molecule has 0 rings (SSSR count). The summed E-state index contributed by atoms with van der Waals surface area (Å²) < 4.78 is 10.8. The molecule has 0 saturated heterocycles. The number of carbonyl (C=O) groups excluding carboxylic acids is 2. The van der Waals surface area contributed by atoms with Crippen molar-refractivity contribution in [2.24, 2.45) is 0 Å². The smallest absolute Gasteiger partial charge is 0.288 e. The fraction of sp³-hybridized carbons (Fsp3) is 0.333. The molecule has 0 radical (unpaired) electrons. The lowest BCUT2D eigenvalue weighted by atomic mass is 10.5. The van der Waals surface area contributed by atoms with Gasteiger partial charge in [0.05, 0.1) is 0 Å². The van der Waals surface area contributed by atoms with Gasteiger partial charge in [0.2, 0.25) is 5.78 Å². The lowest BCUT2D eigenvalue weighted by Crippen LogP contribution is -1.99. The molecule has 0 fully saturated rings. The second-order valence-corrected chi connectivity index (χ2v) is 0.830. The minimum Gasteiger partial charge on any atom is -0.288 e. The molecule has 0 aromatic carbocycles. The summed E-state index contributed by atoms with van der Waals surface area (Å²) in [4.78, 5) is 18.5. The molecular formula is C3H3FO2. The SMILES string of the molecule is CC(=O)C(=O)F. The van der Waals surface area contributed by atoms with Gasteiger partial charge in [-0.25, -0.2) is 0 Å². The maximum atomic E-state index is 10.8. The van der Waals surface area contributed by atoms with E-state index in [-0.39, 0.29) is 0 Å². The molecule has 2 nitrogen and oxygen atoms in total. The van der Waals surface area contributed by atoms with Crippen LogP contribution in [-0.4, -0.2) is 11.8 Å². The van der Waals surface area contributed by atoms with Crippen molar-refractivity contribution in [3.63, 3.8) is 0 Å². The van der Waals surface area contributed by atoms with Gasteiger partial charge in [-0.15, -0.1) is 0 Å². The first-order valence-corrected chi connectivity index (χ1v) is 1.35. The average molecular weight is 90.1 g/mol. The highest BCUT2D eigenvalue weighted by Crippen LogP contribution is 1.71. The van der Waals surface area contributed by atoms with Crippen LogP contribution in [-0.2, 0) is 9.59 Å². The Kier molecular flexibility index (Phi) is 1.44. The average Bonchev–Trinajstić information content (AvgIpc) is 1.36. The Morgan fingerprint density at radius 1 is 1.50 bits per heavy atom. The van der Waals surface area contributed by atoms with Crippen molar-refractivity contribution in [2.45, 2.75) is 6.92 Å². The predicted molar refractivity (Wildman–Crippen MR) is 16.8 cm³/mol. The summed E-state index contributed by atoms with van der Waals surface area (Å²) in [5, 5.41) is 0. The number of hydrogen-bond donors (Lipinski definition) is 0. The number of halogens is 1. The number of carbonyl (C=O) groups is 2. The standard InChI is InChI=1S/C3H3FO2/c1-2(5)3(4)6/h1H3. The van der Waals surface area contributed by atoms with Crippen LogP contribution in [0.3, 0.4) is 0 Å². The number of rotatable bonds is 1. The second-order valence-electron chi connectivity index (χ2n) is 0.830. The van der Waals surface area contributed by atoms with Crippen molar-refractivity contribution in [3.05, 3.63) is 0 Å². The third kappa shape index (κ3) is 1.58. The van der Waals surface area contributed by atoms with Gasteiger partial charge in [-0.1, -0.05) is 0 Å². The van der Waals surface area contributed by atoms with Gasteiger partial charge < -0.3 is 0 Å². The molecule has 0 aliphatic heterocycles. The van der Waals surface area contributed by atoms with Crippen LogP contribution in [0.2, 0.25) is 0 Å². The highest BCUT2D eigenvalue weighted by atomic mass is 19.1. The van der Waals surface area contributed by atoms with E-state index in [0.717, 1.165) is 6.92 Å². The molecule has 0 bridgehead atoms. The summed E-state index contributed by atoms with van der Waals surface area (Å²) >= 11 is 0. The highest BCUT2D eigenvalue weighted by molar-refractivity contribution is 6.31. The van der Waals surface area contributed by atoms with E-state index in [0.29, 0.717) is 0 Å². The normalized spacial score (nSPS) is 7.67. The van der Waals surface area contributed by atoms with Crippen molar-refractivity contribution in [3.8, 4) is 0 Å².